The van der Waals surface area contributed by atoms with Crippen LogP contribution in [0.4, 0.5) is 10.1 Å². The van der Waals surface area contributed by atoms with Crippen LogP contribution in [0.1, 0.15) is 11.1 Å². The Kier molecular flexibility index (Phi) is 7.65. The maximum absolute atomic E-state index is 13.5. The van der Waals surface area contributed by atoms with Gasteiger partial charge in [-0.25, -0.2) is 9.37 Å². The topological polar surface area (TPSA) is 74.4 Å². The number of piperazine rings is 1. The molecule has 4 aromatic rings. The van der Waals surface area contributed by atoms with Crippen molar-refractivity contribution in [2.75, 3.05) is 37.7 Å². The average molecular weight is 586 g/mol. The number of aryl methyl sites for hydroxylation is 1. The lowest BCUT2D eigenvalue weighted by atomic mass is 10.0. The molecule has 0 atom stereocenters. The average Bonchev–Trinajstić information content (AvgIpc) is 2.95. The standard InChI is InChI=1S/C30H25BrFN5O2/c1-3-17-39-29-21(5-4-6-23(29)20-7-9-22(32)10-8-20)19-36-13-15-37(16-14-36)28-24(18-33)30(38)35(2)25-11-12-26(31)34-27(25)28/h1,4-12H,13-17,19H2,2H3. The minimum absolute atomic E-state index is 0.0982. The van der Waals surface area contributed by atoms with Crippen LogP contribution in [0.2, 0.25) is 0 Å². The predicted molar refractivity (Wildman–Crippen MR) is 153 cm³/mol. The molecule has 1 aliphatic heterocycles. The summed E-state index contributed by atoms with van der Waals surface area (Å²) in [5.74, 6) is 2.91. The van der Waals surface area contributed by atoms with Crippen molar-refractivity contribution in [1.29, 1.82) is 5.26 Å². The van der Waals surface area contributed by atoms with E-state index in [-0.39, 0.29) is 23.5 Å². The summed E-state index contributed by atoms with van der Waals surface area (Å²) < 4.78 is 21.6. The fourth-order valence-corrected chi connectivity index (χ4v) is 5.31. The molecule has 1 fully saturated rings. The monoisotopic (exact) mass is 585 g/mol. The first-order valence-electron chi connectivity index (χ1n) is 12.4. The Bertz CT molecular complexity index is 1680. The zero-order chi connectivity index (χ0) is 27.5. The number of fused-ring (bicyclic) bond motifs is 1. The molecule has 0 N–H and O–H groups in total. The van der Waals surface area contributed by atoms with Gasteiger partial charge in [-0.15, -0.1) is 6.42 Å². The van der Waals surface area contributed by atoms with Gasteiger partial charge >= 0.3 is 0 Å². The number of rotatable bonds is 6. The highest BCUT2D eigenvalue weighted by molar-refractivity contribution is 9.10. The number of ether oxygens (including phenoxy) is 1. The van der Waals surface area contributed by atoms with E-state index < -0.39 is 0 Å². The van der Waals surface area contributed by atoms with Gasteiger partial charge in [0.15, 0.2) is 0 Å². The van der Waals surface area contributed by atoms with Crippen LogP contribution in [0.3, 0.4) is 0 Å². The molecule has 2 aromatic carbocycles. The van der Waals surface area contributed by atoms with Gasteiger partial charge in [-0.2, -0.15) is 5.26 Å². The smallest absolute Gasteiger partial charge is 0.270 e. The zero-order valence-corrected chi connectivity index (χ0v) is 22.9. The van der Waals surface area contributed by atoms with Crippen LogP contribution >= 0.6 is 15.9 Å². The lowest BCUT2D eigenvalue weighted by Crippen LogP contribution is -2.47. The van der Waals surface area contributed by atoms with Crippen LogP contribution in [0.5, 0.6) is 5.75 Å². The first-order valence-corrected chi connectivity index (χ1v) is 13.2. The van der Waals surface area contributed by atoms with Gasteiger partial charge in [-0.3, -0.25) is 9.69 Å². The van der Waals surface area contributed by atoms with E-state index in [4.69, 9.17) is 11.2 Å². The van der Waals surface area contributed by atoms with E-state index in [1.54, 1.807) is 25.2 Å². The minimum Gasteiger partial charge on any atom is -0.480 e. The Morgan fingerprint density at radius 3 is 2.54 bits per heavy atom. The Morgan fingerprint density at radius 1 is 1.10 bits per heavy atom. The molecule has 2 aromatic heterocycles. The minimum atomic E-state index is -0.334. The molecule has 0 unspecified atom stereocenters. The quantitative estimate of drug-likeness (QED) is 0.241. The summed E-state index contributed by atoms with van der Waals surface area (Å²) in [6, 6.07) is 18.0. The van der Waals surface area contributed by atoms with Crippen LogP contribution in [-0.4, -0.2) is 47.2 Å². The zero-order valence-electron chi connectivity index (χ0n) is 21.3. The first kappa shape index (κ1) is 26.4. The van der Waals surface area contributed by atoms with Crippen molar-refractivity contribution in [3.63, 3.8) is 0 Å². The summed E-state index contributed by atoms with van der Waals surface area (Å²) >= 11 is 3.43. The highest BCUT2D eigenvalue weighted by Gasteiger charge is 2.26. The molecule has 0 radical (unpaired) electrons. The van der Waals surface area contributed by atoms with Crippen molar-refractivity contribution in [3.8, 4) is 35.3 Å². The Labute approximate surface area is 234 Å². The van der Waals surface area contributed by atoms with Crippen molar-refractivity contribution in [2.24, 2.45) is 7.05 Å². The summed E-state index contributed by atoms with van der Waals surface area (Å²) in [6.45, 7) is 3.37. The van der Waals surface area contributed by atoms with E-state index in [2.05, 4.69) is 42.7 Å². The highest BCUT2D eigenvalue weighted by Crippen LogP contribution is 2.35. The van der Waals surface area contributed by atoms with Crippen molar-refractivity contribution >= 4 is 32.7 Å². The van der Waals surface area contributed by atoms with Crippen molar-refractivity contribution in [1.82, 2.24) is 14.5 Å². The van der Waals surface area contributed by atoms with Crippen molar-refractivity contribution < 1.29 is 9.13 Å². The normalized spacial score (nSPS) is 13.7. The summed E-state index contributed by atoms with van der Waals surface area (Å²) in [6.07, 6.45) is 5.49. The SMILES string of the molecule is C#CCOc1c(CN2CCN(c3c(C#N)c(=O)n(C)c4ccc(Br)nc34)CC2)cccc1-c1ccc(F)cc1. The molecule has 0 saturated carbocycles. The molecule has 0 aliphatic carbocycles. The number of hydrogen-bond acceptors (Lipinski definition) is 6. The van der Waals surface area contributed by atoms with E-state index in [1.807, 2.05) is 24.3 Å². The number of nitrogens with zero attached hydrogens (tertiary/aromatic N) is 5. The van der Waals surface area contributed by atoms with Gasteiger partial charge in [0.1, 0.15) is 39.9 Å². The third-order valence-corrected chi connectivity index (χ3v) is 7.37. The molecule has 0 spiro atoms. The van der Waals surface area contributed by atoms with Gasteiger partial charge < -0.3 is 14.2 Å². The van der Waals surface area contributed by atoms with Gasteiger partial charge in [0.2, 0.25) is 0 Å². The fourth-order valence-electron chi connectivity index (χ4n) is 5.00. The Balaban J connectivity index is 1.42. The van der Waals surface area contributed by atoms with Crippen LogP contribution < -0.4 is 15.2 Å². The van der Waals surface area contributed by atoms with E-state index in [9.17, 15) is 14.4 Å². The number of halogens is 2. The van der Waals surface area contributed by atoms with Gasteiger partial charge in [0.05, 0.1) is 11.2 Å². The summed E-state index contributed by atoms with van der Waals surface area (Å²) in [5, 5.41) is 9.88. The third kappa shape index (κ3) is 5.24. The van der Waals surface area contributed by atoms with Gasteiger partial charge in [0, 0.05) is 50.9 Å². The molecule has 39 heavy (non-hydrogen) atoms. The molecule has 0 amide bonds. The number of nitriles is 1. The van der Waals surface area contributed by atoms with Gasteiger partial charge in [-0.05, 0) is 45.8 Å². The third-order valence-electron chi connectivity index (χ3n) is 6.93. The number of hydrogen-bond donors (Lipinski definition) is 0. The maximum atomic E-state index is 13.5. The molecule has 9 heteroatoms. The summed E-state index contributed by atoms with van der Waals surface area (Å²) in [7, 11) is 1.66. The maximum Gasteiger partial charge on any atom is 0.270 e. The van der Waals surface area contributed by atoms with Crippen molar-refractivity contribution in [3.05, 3.63) is 86.5 Å². The summed E-state index contributed by atoms with van der Waals surface area (Å²) in [4.78, 5) is 22.0. The number of pyridine rings is 2. The van der Waals surface area contributed by atoms with E-state index in [0.717, 1.165) is 16.7 Å². The largest absolute Gasteiger partial charge is 0.480 e. The molecular formula is C30H25BrFN5O2. The van der Waals surface area contributed by atoms with Gasteiger partial charge in [-0.1, -0.05) is 36.3 Å². The predicted octanol–water partition coefficient (Wildman–Crippen LogP) is 4.71. The second kappa shape index (κ2) is 11.3. The molecule has 1 saturated heterocycles. The molecule has 3 heterocycles. The van der Waals surface area contributed by atoms with E-state index in [1.165, 1.54) is 16.7 Å². The van der Waals surface area contributed by atoms with Crippen LogP contribution in [-0.2, 0) is 13.6 Å². The number of terminal acetylenes is 1. The number of benzene rings is 2. The van der Waals surface area contributed by atoms with E-state index >= 15 is 0 Å². The number of para-hydroxylation sites is 1. The first-order chi connectivity index (χ1) is 18.9. The van der Waals surface area contributed by atoms with Crippen LogP contribution in [0.15, 0.2) is 64.0 Å². The second-order valence-corrected chi connectivity index (χ2v) is 10.1. The Morgan fingerprint density at radius 2 is 1.85 bits per heavy atom. The second-order valence-electron chi connectivity index (χ2n) is 9.26. The Hall–Kier alpha value is -4.18. The van der Waals surface area contributed by atoms with Crippen LogP contribution in [0.25, 0.3) is 22.2 Å². The molecule has 0 bridgehead atoms. The van der Waals surface area contributed by atoms with Gasteiger partial charge in [0.25, 0.3) is 5.56 Å². The molecular weight excluding hydrogens is 561 g/mol. The lowest BCUT2D eigenvalue weighted by molar-refractivity contribution is 0.245. The molecule has 1 aliphatic rings. The number of anilines is 1. The lowest BCUT2D eigenvalue weighted by Gasteiger charge is -2.37. The number of aromatic nitrogens is 2. The highest BCUT2D eigenvalue weighted by atomic mass is 79.9. The fraction of sp³-hybridized carbons (Fsp3) is 0.233. The molecule has 196 valence electrons. The summed E-state index contributed by atoms with van der Waals surface area (Å²) in [5.41, 5.74) is 4.30. The van der Waals surface area contributed by atoms with E-state index in [0.29, 0.717) is 59.8 Å². The van der Waals surface area contributed by atoms with Crippen molar-refractivity contribution in [2.45, 2.75) is 6.54 Å². The molecule has 5 rings (SSSR count). The van der Waals surface area contributed by atoms with Crippen LogP contribution in [0, 0.1) is 29.5 Å². The molecule has 7 nitrogen and oxygen atoms in total.